The van der Waals surface area contributed by atoms with E-state index < -0.39 is 0 Å². The summed E-state index contributed by atoms with van der Waals surface area (Å²) in [6.45, 7) is 4.28. The SMILES string of the molecule is Cc1ccc2[nH]c(C(=O)C[C@]3(c4cnn(C)c4)C[C@H]3C)cc2c1. The Morgan fingerprint density at radius 3 is 2.87 bits per heavy atom. The normalized spacial score (nSPS) is 23.3. The lowest BCUT2D eigenvalue weighted by atomic mass is 9.90. The second-order valence-electron chi connectivity index (χ2n) is 7.04. The summed E-state index contributed by atoms with van der Waals surface area (Å²) in [5.41, 5.74) is 4.11. The van der Waals surface area contributed by atoms with Gasteiger partial charge in [0.05, 0.1) is 11.9 Å². The zero-order chi connectivity index (χ0) is 16.2. The van der Waals surface area contributed by atoms with Crippen LogP contribution in [0.15, 0.2) is 36.7 Å². The third kappa shape index (κ3) is 2.29. The zero-order valence-corrected chi connectivity index (χ0v) is 13.8. The van der Waals surface area contributed by atoms with Gasteiger partial charge in [0, 0.05) is 36.0 Å². The van der Waals surface area contributed by atoms with Gasteiger partial charge in [0.1, 0.15) is 0 Å². The number of ketones is 1. The molecule has 1 saturated carbocycles. The minimum Gasteiger partial charge on any atom is -0.352 e. The smallest absolute Gasteiger partial charge is 0.179 e. The average Bonchev–Trinajstić information content (AvgIpc) is 2.90. The number of benzene rings is 1. The number of nitrogens with zero attached hydrogens (tertiary/aromatic N) is 2. The predicted molar refractivity (Wildman–Crippen MR) is 90.7 cm³/mol. The number of nitrogens with one attached hydrogen (secondary N) is 1. The van der Waals surface area contributed by atoms with Crippen LogP contribution in [0.4, 0.5) is 0 Å². The van der Waals surface area contributed by atoms with Crippen LogP contribution < -0.4 is 0 Å². The fourth-order valence-corrected chi connectivity index (χ4v) is 3.70. The van der Waals surface area contributed by atoms with Gasteiger partial charge >= 0.3 is 0 Å². The van der Waals surface area contributed by atoms with E-state index in [0.29, 0.717) is 18.0 Å². The first-order chi connectivity index (χ1) is 11.0. The minimum absolute atomic E-state index is 0.0292. The van der Waals surface area contributed by atoms with Gasteiger partial charge < -0.3 is 4.98 Å². The third-order valence-electron chi connectivity index (χ3n) is 5.29. The first-order valence-corrected chi connectivity index (χ1v) is 8.10. The highest BCUT2D eigenvalue weighted by Gasteiger charge is 2.54. The Hall–Kier alpha value is -2.36. The first-order valence-electron chi connectivity index (χ1n) is 8.10. The number of aromatic nitrogens is 3. The number of Topliss-reactive ketones (excluding diaryl/α,β-unsaturated/α-hetero) is 1. The lowest BCUT2D eigenvalue weighted by Gasteiger charge is -2.13. The summed E-state index contributed by atoms with van der Waals surface area (Å²) in [6.07, 6.45) is 5.56. The molecule has 1 N–H and O–H groups in total. The second kappa shape index (κ2) is 4.82. The molecule has 3 aromatic rings. The molecule has 4 heteroatoms. The summed E-state index contributed by atoms with van der Waals surface area (Å²) in [6, 6.07) is 8.19. The van der Waals surface area contributed by atoms with Gasteiger partial charge in [-0.15, -0.1) is 0 Å². The Morgan fingerprint density at radius 2 is 2.22 bits per heavy atom. The van der Waals surface area contributed by atoms with Gasteiger partial charge in [-0.1, -0.05) is 18.6 Å². The predicted octanol–water partition coefficient (Wildman–Crippen LogP) is 3.76. The van der Waals surface area contributed by atoms with Gasteiger partial charge in [-0.3, -0.25) is 9.48 Å². The lowest BCUT2D eigenvalue weighted by molar-refractivity contribution is 0.0963. The molecule has 1 aliphatic carbocycles. The number of carbonyl (C=O) groups is 1. The molecule has 2 aromatic heterocycles. The van der Waals surface area contributed by atoms with Crippen molar-refractivity contribution in [1.29, 1.82) is 0 Å². The maximum atomic E-state index is 12.8. The Labute approximate surface area is 135 Å². The van der Waals surface area contributed by atoms with Gasteiger partial charge in [0.25, 0.3) is 0 Å². The molecular weight excluding hydrogens is 286 g/mol. The van der Waals surface area contributed by atoms with Crippen molar-refractivity contribution in [2.75, 3.05) is 0 Å². The zero-order valence-electron chi connectivity index (χ0n) is 13.8. The molecule has 1 aliphatic rings. The minimum atomic E-state index is -0.0292. The van der Waals surface area contributed by atoms with E-state index in [4.69, 9.17) is 0 Å². The molecule has 0 amide bonds. The molecule has 0 bridgehead atoms. The third-order valence-corrected chi connectivity index (χ3v) is 5.29. The largest absolute Gasteiger partial charge is 0.352 e. The van der Waals surface area contributed by atoms with Crippen molar-refractivity contribution in [3.05, 3.63) is 53.5 Å². The second-order valence-corrected chi connectivity index (χ2v) is 7.04. The van der Waals surface area contributed by atoms with Crippen molar-refractivity contribution < 1.29 is 4.79 Å². The maximum absolute atomic E-state index is 12.8. The Bertz CT molecular complexity index is 904. The number of rotatable bonds is 4. The van der Waals surface area contributed by atoms with Crippen LogP contribution in [0, 0.1) is 12.8 Å². The van der Waals surface area contributed by atoms with E-state index in [1.165, 1.54) is 11.1 Å². The van der Waals surface area contributed by atoms with Crippen LogP contribution >= 0.6 is 0 Å². The molecule has 2 atom stereocenters. The fourth-order valence-electron chi connectivity index (χ4n) is 3.70. The van der Waals surface area contributed by atoms with Gasteiger partial charge in [0.15, 0.2) is 5.78 Å². The number of hydrogen-bond donors (Lipinski definition) is 1. The van der Waals surface area contributed by atoms with Crippen LogP contribution in [0.2, 0.25) is 0 Å². The Balaban J connectivity index is 1.63. The number of aryl methyl sites for hydroxylation is 2. The van der Waals surface area contributed by atoms with E-state index in [2.05, 4.69) is 36.1 Å². The molecule has 0 aliphatic heterocycles. The van der Waals surface area contributed by atoms with Crippen LogP contribution in [-0.4, -0.2) is 20.5 Å². The van der Waals surface area contributed by atoms with Crippen molar-refractivity contribution in [3.8, 4) is 0 Å². The Morgan fingerprint density at radius 1 is 1.43 bits per heavy atom. The van der Waals surface area contributed by atoms with Crippen molar-refractivity contribution in [2.45, 2.75) is 32.1 Å². The van der Waals surface area contributed by atoms with Gasteiger partial charge in [-0.05, 0) is 43.0 Å². The summed E-state index contributed by atoms with van der Waals surface area (Å²) >= 11 is 0. The van der Waals surface area contributed by atoms with Gasteiger partial charge in [-0.2, -0.15) is 5.10 Å². The summed E-state index contributed by atoms with van der Waals surface area (Å²) in [4.78, 5) is 16.1. The maximum Gasteiger partial charge on any atom is 0.179 e. The van der Waals surface area contributed by atoms with E-state index in [1.807, 2.05) is 36.3 Å². The molecule has 0 unspecified atom stereocenters. The highest BCUT2D eigenvalue weighted by molar-refractivity contribution is 6.00. The molecule has 2 heterocycles. The molecule has 4 nitrogen and oxygen atoms in total. The van der Waals surface area contributed by atoms with Crippen molar-refractivity contribution in [2.24, 2.45) is 13.0 Å². The number of hydrogen-bond acceptors (Lipinski definition) is 2. The molecule has 0 spiro atoms. The molecule has 1 fully saturated rings. The molecule has 23 heavy (non-hydrogen) atoms. The van der Waals surface area contributed by atoms with E-state index in [-0.39, 0.29) is 11.2 Å². The van der Waals surface area contributed by atoms with E-state index in [1.54, 1.807) is 0 Å². The van der Waals surface area contributed by atoms with Crippen LogP contribution in [0.1, 0.15) is 41.4 Å². The summed E-state index contributed by atoms with van der Waals surface area (Å²) in [5, 5.41) is 5.38. The number of aromatic amines is 1. The monoisotopic (exact) mass is 307 g/mol. The quantitative estimate of drug-likeness (QED) is 0.746. The van der Waals surface area contributed by atoms with Crippen molar-refractivity contribution >= 4 is 16.7 Å². The molecule has 1 aromatic carbocycles. The van der Waals surface area contributed by atoms with E-state index in [0.717, 1.165) is 17.3 Å². The van der Waals surface area contributed by atoms with Crippen molar-refractivity contribution in [1.82, 2.24) is 14.8 Å². The topological polar surface area (TPSA) is 50.7 Å². The van der Waals surface area contributed by atoms with Gasteiger partial charge in [0.2, 0.25) is 0 Å². The molecule has 0 saturated heterocycles. The highest BCUT2D eigenvalue weighted by atomic mass is 16.1. The summed E-state index contributed by atoms with van der Waals surface area (Å²) in [5.74, 6) is 0.717. The first kappa shape index (κ1) is 14.2. The van der Waals surface area contributed by atoms with Crippen LogP contribution in [0.3, 0.4) is 0 Å². The van der Waals surface area contributed by atoms with Crippen molar-refractivity contribution in [3.63, 3.8) is 0 Å². The standard InChI is InChI=1S/C19H21N3O/c1-12-4-5-16-14(6-12)7-17(21-16)18(23)9-19(8-13(19)2)15-10-20-22(3)11-15/h4-7,10-11,13,21H,8-9H2,1-3H3/t13-,19-/m1/s1. The molecular formula is C19H21N3O. The Kier molecular flexibility index (Phi) is 2.98. The van der Waals surface area contributed by atoms with Crippen LogP contribution in [0.25, 0.3) is 10.9 Å². The van der Waals surface area contributed by atoms with Crippen LogP contribution in [0.5, 0.6) is 0 Å². The number of carbonyl (C=O) groups excluding carboxylic acids is 1. The molecule has 118 valence electrons. The van der Waals surface area contributed by atoms with Crippen LogP contribution in [-0.2, 0) is 12.5 Å². The van der Waals surface area contributed by atoms with E-state index in [9.17, 15) is 4.79 Å². The number of H-pyrrole nitrogens is 1. The summed E-state index contributed by atoms with van der Waals surface area (Å²) < 4.78 is 1.82. The fraction of sp³-hybridized carbons (Fsp3) is 0.368. The highest BCUT2D eigenvalue weighted by Crippen LogP contribution is 2.56. The van der Waals surface area contributed by atoms with Gasteiger partial charge in [-0.25, -0.2) is 0 Å². The average molecular weight is 307 g/mol. The van der Waals surface area contributed by atoms with E-state index >= 15 is 0 Å². The number of fused-ring (bicyclic) bond motifs is 1. The lowest BCUT2D eigenvalue weighted by Crippen LogP contribution is -2.15. The molecule has 0 radical (unpaired) electrons. The summed E-state index contributed by atoms with van der Waals surface area (Å²) in [7, 11) is 1.92. The molecule has 4 rings (SSSR count).